The van der Waals surface area contributed by atoms with Gasteiger partial charge in [-0.2, -0.15) is 23.3 Å². The molecular weight excluding hydrogens is 241 g/mol. The second-order valence-corrected chi connectivity index (χ2v) is 3.69. The quantitative estimate of drug-likeness (QED) is 0.818. The van der Waals surface area contributed by atoms with E-state index in [-0.39, 0.29) is 17.1 Å². The van der Waals surface area contributed by atoms with Crippen LogP contribution in [0, 0.1) is 0 Å². The highest BCUT2D eigenvalue weighted by atomic mass is 19.4. The normalized spacial score (nSPS) is 24.8. The molecular formula is C9H13F3N2O3. The second-order valence-electron chi connectivity index (χ2n) is 3.69. The van der Waals surface area contributed by atoms with Gasteiger partial charge in [0.1, 0.15) is 0 Å². The summed E-state index contributed by atoms with van der Waals surface area (Å²) >= 11 is 0. The van der Waals surface area contributed by atoms with Gasteiger partial charge in [-0.15, -0.1) is 0 Å². The lowest BCUT2D eigenvalue weighted by molar-refractivity contribution is -0.299. The number of amides is 1. The molecule has 98 valence electrons. The zero-order valence-corrected chi connectivity index (χ0v) is 9.41. The van der Waals surface area contributed by atoms with Crippen molar-refractivity contribution in [3.63, 3.8) is 0 Å². The van der Waals surface area contributed by atoms with E-state index in [4.69, 9.17) is 0 Å². The summed E-state index contributed by atoms with van der Waals surface area (Å²) < 4.78 is 42.4. The number of rotatable bonds is 2. The van der Waals surface area contributed by atoms with E-state index in [9.17, 15) is 23.1 Å². The van der Waals surface area contributed by atoms with Crippen molar-refractivity contribution < 1.29 is 27.8 Å². The van der Waals surface area contributed by atoms with Crippen LogP contribution >= 0.6 is 0 Å². The van der Waals surface area contributed by atoms with Gasteiger partial charge in [0.2, 0.25) is 0 Å². The fourth-order valence-corrected chi connectivity index (χ4v) is 1.54. The Bertz CT molecular complexity index is 343. The van der Waals surface area contributed by atoms with Gasteiger partial charge in [0.25, 0.3) is 5.72 Å². The van der Waals surface area contributed by atoms with E-state index >= 15 is 0 Å². The minimum absolute atomic E-state index is 0.0437. The van der Waals surface area contributed by atoms with E-state index in [0.29, 0.717) is 6.42 Å². The highest BCUT2D eigenvalue weighted by Crippen LogP contribution is 2.41. The molecule has 0 aromatic carbocycles. The maximum atomic E-state index is 12.7. The van der Waals surface area contributed by atoms with E-state index in [1.807, 2.05) is 0 Å². The standard InChI is InChI=1S/C9H13F3N2O3/c1-3-4-6-5-8(16,9(10,11)12)14(13-6)7(15)17-2/h16H,3-5H2,1-2H3. The maximum absolute atomic E-state index is 12.7. The molecule has 0 saturated heterocycles. The molecule has 0 radical (unpaired) electrons. The van der Waals surface area contributed by atoms with Crippen molar-refractivity contribution >= 4 is 11.8 Å². The number of methoxy groups -OCH3 is 1. The zero-order chi connectivity index (χ0) is 13.3. The molecule has 17 heavy (non-hydrogen) atoms. The molecule has 0 aliphatic carbocycles. The van der Waals surface area contributed by atoms with Gasteiger partial charge in [-0.1, -0.05) is 13.3 Å². The first kappa shape index (κ1) is 13.8. The molecule has 0 aromatic heterocycles. The van der Waals surface area contributed by atoms with Gasteiger partial charge in [-0.3, -0.25) is 0 Å². The summed E-state index contributed by atoms with van der Waals surface area (Å²) in [7, 11) is 0.923. The topological polar surface area (TPSA) is 62.1 Å². The Balaban J connectivity index is 3.04. The Morgan fingerprint density at radius 3 is 2.65 bits per heavy atom. The van der Waals surface area contributed by atoms with Crippen LogP contribution in [0.15, 0.2) is 5.10 Å². The van der Waals surface area contributed by atoms with E-state index in [2.05, 4.69) is 9.84 Å². The molecule has 0 saturated carbocycles. The molecule has 1 rings (SSSR count). The van der Waals surface area contributed by atoms with Gasteiger partial charge >= 0.3 is 12.3 Å². The van der Waals surface area contributed by atoms with Crippen LogP contribution in [-0.4, -0.2) is 40.9 Å². The summed E-state index contributed by atoms with van der Waals surface area (Å²) in [4.78, 5) is 11.2. The molecule has 1 unspecified atom stereocenters. The lowest BCUT2D eigenvalue weighted by Crippen LogP contribution is -2.56. The molecule has 1 N–H and O–H groups in total. The predicted octanol–water partition coefficient (Wildman–Crippen LogP) is 1.87. The van der Waals surface area contributed by atoms with Crippen molar-refractivity contribution in [2.45, 2.75) is 38.1 Å². The van der Waals surface area contributed by atoms with Gasteiger partial charge in [0.05, 0.1) is 7.11 Å². The maximum Gasteiger partial charge on any atom is 0.439 e. The summed E-state index contributed by atoms with van der Waals surface area (Å²) in [6, 6.07) is 0. The fourth-order valence-electron chi connectivity index (χ4n) is 1.54. The van der Waals surface area contributed by atoms with Crippen molar-refractivity contribution in [2.75, 3.05) is 7.11 Å². The molecule has 1 aliphatic rings. The highest BCUT2D eigenvalue weighted by Gasteiger charge is 2.63. The minimum atomic E-state index is -4.99. The molecule has 5 nitrogen and oxygen atoms in total. The third-order valence-electron chi connectivity index (χ3n) is 2.38. The van der Waals surface area contributed by atoms with Crippen LogP contribution in [-0.2, 0) is 4.74 Å². The van der Waals surface area contributed by atoms with Crippen LogP contribution in [0.25, 0.3) is 0 Å². The van der Waals surface area contributed by atoms with Crippen LogP contribution in [0.2, 0.25) is 0 Å². The third-order valence-corrected chi connectivity index (χ3v) is 2.38. The van der Waals surface area contributed by atoms with Crippen molar-refractivity contribution in [3.8, 4) is 0 Å². The number of alkyl halides is 3. The second kappa shape index (κ2) is 4.52. The van der Waals surface area contributed by atoms with Gasteiger partial charge in [0.15, 0.2) is 0 Å². The number of hydrogen-bond acceptors (Lipinski definition) is 4. The number of hydrazone groups is 1. The highest BCUT2D eigenvalue weighted by molar-refractivity contribution is 5.89. The van der Waals surface area contributed by atoms with Crippen LogP contribution in [0.3, 0.4) is 0 Å². The Morgan fingerprint density at radius 2 is 2.24 bits per heavy atom. The van der Waals surface area contributed by atoms with Crippen LogP contribution in [0.4, 0.5) is 18.0 Å². The molecule has 0 spiro atoms. The Hall–Kier alpha value is -1.31. The lowest BCUT2D eigenvalue weighted by Gasteiger charge is -2.31. The average Bonchev–Trinajstić information content (AvgIpc) is 2.56. The summed E-state index contributed by atoms with van der Waals surface area (Å²) in [6.45, 7) is 1.76. The van der Waals surface area contributed by atoms with Gasteiger partial charge in [-0.05, 0) is 6.42 Å². The van der Waals surface area contributed by atoms with Crippen molar-refractivity contribution in [1.29, 1.82) is 0 Å². The number of nitrogens with zero attached hydrogens (tertiary/aromatic N) is 2. The SMILES string of the molecule is CCCC1=NN(C(=O)OC)C(O)(C(F)(F)F)C1. The van der Waals surface area contributed by atoms with E-state index in [0.717, 1.165) is 7.11 Å². The van der Waals surface area contributed by atoms with Gasteiger partial charge in [0, 0.05) is 12.1 Å². The number of halogens is 3. The molecule has 0 bridgehead atoms. The van der Waals surface area contributed by atoms with Crippen molar-refractivity contribution in [3.05, 3.63) is 0 Å². The number of hydrogen-bond donors (Lipinski definition) is 1. The smallest absolute Gasteiger partial charge is 0.439 e. The van der Waals surface area contributed by atoms with Gasteiger partial charge < -0.3 is 9.84 Å². The monoisotopic (exact) mass is 254 g/mol. The summed E-state index contributed by atoms with van der Waals surface area (Å²) in [5, 5.41) is 13.0. The number of aliphatic hydroxyl groups is 1. The van der Waals surface area contributed by atoms with E-state index in [1.165, 1.54) is 0 Å². The first-order valence-electron chi connectivity index (χ1n) is 5.00. The predicted molar refractivity (Wildman–Crippen MR) is 52.2 cm³/mol. The van der Waals surface area contributed by atoms with Crippen molar-refractivity contribution in [2.24, 2.45) is 5.10 Å². The van der Waals surface area contributed by atoms with Crippen LogP contribution in [0.1, 0.15) is 26.2 Å². The summed E-state index contributed by atoms with van der Waals surface area (Å²) in [6.07, 6.45) is -6.20. The molecule has 8 heteroatoms. The first-order valence-corrected chi connectivity index (χ1v) is 5.00. The molecule has 1 atom stereocenters. The minimum Gasteiger partial charge on any atom is -0.451 e. The average molecular weight is 254 g/mol. The molecule has 0 fully saturated rings. The van der Waals surface area contributed by atoms with Crippen LogP contribution in [0.5, 0.6) is 0 Å². The number of carbonyl (C=O) groups is 1. The summed E-state index contributed by atoms with van der Waals surface area (Å²) in [5.41, 5.74) is -3.18. The summed E-state index contributed by atoms with van der Waals surface area (Å²) in [5.74, 6) is 0. The third kappa shape index (κ3) is 2.36. The molecule has 1 aliphatic heterocycles. The Morgan fingerprint density at radius 1 is 1.65 bits per heavy atom. The lowest BCUT2D eigenvalue weighted by atomic mass is 10.0. The first-order chi connectivity index (χ1) is 7.76. The van der Waals surface area contributed by atoms with E-state index in [1.54, 1.807) is 6.92 Å². The molecule has 1 heterocycles. The zero-order valence-electron chi connectivity index (χ0n) is 9.41. The largest absolute Gasteiger partial charge is 0.451 e. The molecule has 1 amide bonds. The number of carbonyl (C=O) groups excluding carboxylic acids is 1. The number of ether oxygens (including phenoxy) is 1. The Labute approximate surface area is 95.8 Å². The fraction of sp³-hybridized carbons (Fsp3) is 0.778. The van der Waals surface area contributed by atoms with Gasteiger partial charge in [-0.25, -0.2) is 4.79 Å². The van der Waals surface area contributed by atoms with Crippen LogP contribution < -0.4 is 0 Å². The van der Waals surface area contributed by atoms with Crippen molar-refractivity contribution in [1.82, 2.24) is 5.01 Å². The van der Waals surface area contributed by atoms with E-state index < -0.39 is 24.4 Å². The Kier molecular flexibility index (Phi) is 3.65. The molecule has 0 aromatic rings.